The molecule has 0 bridgehead atoms. The van der Waals surface area contributed by atoms with Crippen LogP contribution in [0.4, 0.5) is 17.1 Å². The van der Waals surface area contributed by atoms with Crippen LogP contribution < -0.4 is 4.90 Å². The number of benzene rings is 7. The van der Waals surface area contributed by atoms with Crippen LogP contribution >= 0.6 is 0 Å². The molecule has 0 aliphatic carbocycles. The Kier molecular flexibility index (Phi) is 7.71. The van der Waals surface area contributed by atoms with E-state index in [-0.39, 0.29) is 12.1 Å². The predicted molar refractivity (Wildman–Crippen MR) is 209 cm³/mol. The minimum absolute atomic E-state index is 0.139. The summed E-state index contributed by atoms with van der Waals surface area (Å²) in [6.45, 7) is 0. The van der Waals surface area contributed by atoms with Gasteiger partial charge in [0.05, 0.1) is 25.6 Å². The standard InChI is InChI=1S/C47H33N3/c48-34-37-25-30-43(31-26-37)49(40-17-9-3-10-18-40)42-28-23-35(24-29-42)21-22-36-27-32-44-45(33-36)50(41-19-11-4-12-20-41)47(39-15-7-2-8-16-39)46(44)38-13-5-1-6-14-38/h1-33H/b22-21+/i21D,22D. The summed E-state index contributed by atoms with van der Waals surface area (Å²) in [5, 5.41) is 10.4. The van der Waals surface area contributed by atoms with E-state index in [9.17, 15) is 8.00 Å². The molecule has 0 atom stereocenters. The largest absolute Gasteiger partial charge is 0.311 e. The molecule has 7 aromatic carbocycles. The van der Waals surface area contributed by atoms with E-state index < -0.39 is 0 Å². The monoisotopic (exact) mass is 641 g/mol. The van der Waals surface area contributed by atoms with E-state index in [1.807, 2.05) is 115 Å². The molecule has 8 aromatic rings. The third kappa shape index (κ3) is 5.99. The fraction of sp³-hybridized carbons (Fsp3) is 0. The van der Waals surface area contributed by atoms with Crippen molar-refractivity contribution in [1.29, 1.82) is 5.26 Å². The maximum absolute atomic E-state index is 9.33. The zero-order valence-corrected chi connectivity index (χ0v) is 27.2. The van der Waals surface area contributed by atoms with Crippen molar-refractivity contribution in [3.05, 3.63) is 205 Å². The summed E-state index contributed by atoms with van der Waals surface area (Å²) < 4.78 is 20.8. The highest BCUT2D eigenvalue weighted by Gasteiger charge is 2.21. The number of nitrogens with zero attached hydrogens (tertiary/aromatic N) is 3. The van der Waals surface area contributed by atoms with Crippen LogP contribution in [-0.2, 0) is 0 Å². The van der Waals surface area contributed by atoms with E-state index in [0.29, 0.717) is 16.7 Å². The first-order valence-electron chi connectivity index (χ1n) is 17.6. The Morgan fingerprint density at radius 2 is 1.02 bits per heavy atom. The first kappa shape index (κ1) is 28.2. The molecule has 0 saturated heterocycles. The zero-order chi connectivity index (χ0) is 35.4. The Hall–Kier alpha value is -6.89. The third-order valence-corrected chi connectivity index (χ3v) is 8.84. The minimum Gasteiger partial charge on any atom is -0.311 e. The van der Waals surface area contributed by atoms with Gasteiger partial charge in [0.1, 0.15) is 0 Å². The highest BCUT2D eigenvalue weighted by Crippen LogP contribution is 2.43. The summed E-state index contributed by atoms with van der Waals surface area (Å²) in [7, 11) is 0. The first-order valence-corrected chi connectivity index (χ1v) is 16.6. The Morgan fingerprint density at radius 3 is 1.64 bits per heavy atom. The van der Waals surface area contributed by atoms with E-state index >= 15 is 0 Å². The molecule has 0 aliphatic heterocycles. The summed E-state index contributed by atoms with van der Waals surface area (Å²) in [6, 6.07) is 65.1. The van der Waals surface area contributed by atoms with Gasteiger partial charge in [-0.2, -0.15) is 5.26 Å². The lowest BCUT2D eigenvalue weighted by Crippen LogP contribution is -2.09. The lowest BCUT2D eigenvalue weighted by atomic mass is 9.98. The fourth-order valence-electron chi connectivity index (χ4n) is 6.52. The van der Waals surface area contributed by atoms with Gasteiger partial charge in [0.2, 0.25) is 0 Å². The van der Waals surface area contributed by atoms with Gasteiger partial charge in [-0.1, -0.05) is 133 Å². The maximum atomic E-state index is 9.33. The van der Waals surface area contributed by atoms with Crippen LogP contribution in [0.15, 0.2) is 188 Å². The number of fused-ring (bicyclic) bond motifs is 1. The van der Waals surface area contributed by atoms with Crippen molar-refractivity contribution in [3.8, 4) is 34.1 Å². The molecule has 0 aliphatic rings. The maximum Gasteiger partial charge on any atom is 0.0991 e. The van der Waals surface area contributed by atoms with Gasteiger partial charge in [0.25, 0.3) is 0 Å². The second-order valence-corrected chi connectivity index (χ2v) is 12.0. The number of hydrogen-bond donors (Lipinski definition) is 0. The Balaban J connectivity index is 1.24. The number of nitriles is 1. The first-order chi connectivity index (χ1) is 25.6. The quantitative estimate of drug-likeness (QED) is 0.155. The number of aromatic nitrogens is 1. The van der Waals surface area contributed by atoms with Crippen molar-refractivity contribution in [2.45, 2.75) is 0 Å². The van der Waals surface area contributed by atoms with E-state index in [2.05, 4.69) is 88.3 Å². The van der Waals surface area contributed by atoms with E-state index in [4.69, 9.17) is 0 Å². The molecule has 1 heterocycles. The summed E-state index contributed by atoms with van der Waals surface area (Å²) in [5.41, 5.74) is 11.1. The van der Waals surface area contributed by atoms with Crippen LogP contribution in [0.2, 0.25) is 0 Å². The molecule has 0 saturated carbocycles. The summed E-state index contributed by atoms with van der Waals surface area (Å²) in [5.74, 6) is 0. The Labute approximate surface area is 295 Å². The molecular weight excluding hydrogens is 607 g/mol. The number of anilines is 3. The van der Waals surface area contributed by atoms with Gasteiger partial charge in [0, 0.05) is 33.7 Å². The molecule has 1 aromatic heterocycles. The second-order valence-electron chi connectivity index (χ2n) is 12.0. The second kappa shape index (κ2) is 13.7. The molecule has 0 unspecified atom stereocenters. The highest BCUT2D eigenvalue weighted by molar-refractivity contribution is 6.06. The molecule has 3 nitrogen and oxygen atoms in total. The predicted octanol–water partition coefficient (Wildman–Crippen LogP) is 12.5. The highest BCUT2D eigenvalue weighted by atomic mass is 15.1. The number of para-hydroxylation sites is 2. The van der Waals surface area contributed by atoms with Gasteiger partial charge in [-0.3, -0.25) is 0 Å². The van der Waals surface area contributed by atoms with Gasteiger partial charge in [-0.05, 0) is 89.0 Å². The molecule has 0 N–H and O–H groups in total. The van der Waals surface area contributed by atoms with Gasteiger partial charge >= 0.3 is 0 Å². The van der Waals surface area contributed by atoms with Gasteiger partial charge in [-0.15, -0.1) is 0 Å². The molecule has 0 radical (unpaired) electrons. The van der Waals surface area contributed by atoms with Crippen molar-refractivity contribution in [2.75, 3.05) is 4.90 Å². The van der Waals surface area contributed by atoms with Crippen molar-refractivity contribution in [2.24, 2.45) is 0 Å². The normalized spacial score (nSPS) is 12.1. The van der Waals surface area contributed by atoms with E-state index in [1.54, 1.807) is 0 Å². The average Bonchev–Trinajstić information content (AvgIpc) is 3.57. The number of hydrogen-bond acceptors (Lipinski definition) is 2. The zero-order valence-electron chi connectivity index (χ0n) is 29.2. The summed E-state index contributed by atoms with van der Waals surface area (Å²) in [6.07, 6.45) is 0. The third-order valence-electron chi connectivity index (χ3n) is 8.84. The van der Waals surface area contributed by atoms with Crippen LogP contribution in [-0.4, -0.2) is 4.57 Å². The van der Waals surface area contributed by atoms with E-state index in [0.717, 1.165) is 56.0 Å². The lowest BCUT2D eigenvalue weighted by molar-refractivity contribution is 1.13. The molecule has 8 rings (SSSR count). The minimum atomic E-state index is 0.139. The molecular formula is C47H33N3. The molecule has 0 fully saturated rings. The average molecular weight is 642 g/mol. The Bertz CT molecular complexity index is 2550. The molecule has 0 spiro atoms. The van der Waals surface area contributed by atoms with Crippen LogP contribution in [0.25, 0.3) is 51.1 Å². The molecule has 50 heavy (non-hydrogen) atoms. The van der Waals surface area contributed by atoms with Gasteiger partial charge in [-0.25, -0.2) is 0 Å². The van der Waals surface area contributed by atoms with Crippen molar-refractivity contribution < 1.29 is 2.74 Å². The smallest absolute Gasteiger partial charge is 0.0991 e. The Morgan fingerprint density at radius 1 is 0.520 bits per heavy atom. The van der Waals surface area contributed by atoms with Crippen molar-refractivity contribution in [3.63, 3.8) is 0 Å². The SMILES string of the molecule is [2H]/C(=C(/[2H])c1ccc2c(-c3ccccc3)c(-c3ccccc3)n(-c3ccccc3)c2c1)c1ccc(N(c2ccccc2)c2ccc(C#N)cc2)cc1. The van der Waals surface area contributed by atoms with Crippen molar-refractivity contribution >= 4 is 40.1 Å². The van der Waals surface area contributed by atoms with Crippen LogP contribution in [0.3, 0.4) is 0 Å². The summed E-state index contributed by atoms with van der Waals surface area (Å²) >= 11 is 0. The molecule has 3 heteroatoms. The van der Waals surface area contributed by atoms with Crippen molar-refractivity contribution in [1.82, 2.24) is 4.57 Å². The number of rotatable bonds is 8. The molecule has 236 valence electrons. The van der Waals surface area contributed by atoms with E-state index in [1.165, 1.54) is 0 Å². The molecule has 0 amide bonds. The van der Waals surface area contributed by atoms with Gasteiger partial charge < -0.3 is 9.47 Å². The topological polar surface area (TPSA) is 32.0 Å². The van der Waals surface area contributed by atoms with Crippen LogP contribution in [0, 0.1) is 11.3 Å². The lowest BCUT2D eigenvalue weighted by Gasteiger charge is -2.25. The van der Waals surface area contributed by atoms with Crippen LogP contribution in [0.5, 0.6) is 0 Å². The van der Waals surface area contributed by atoms with Gasteiger partial charge in [0.15, 0.2) is 0 Å². The summed E-state index contributed by atoms with van der Waals surface area (Å²) in [4.78, 5) is 2.11. The van der Waals surface area contributed by atoms with Crippen LogP contribution in [0.1, 0.15) is 19.4 Å². The fourth-order valence-corrected chi connectivity index (χ4v) is 6.52.